The molecule has 0 spiro atoms. The van der Waals surface area contributed by atoms with Gasteiger partial charge in [0.15, 0.2) is 5.76 Å². The summed E-state index contributed by atoms with van der Waals surface area (Å²) in [4.78, 5) is 16.7. The molecule has 0 amide bonds. The third-order valence-corrected chi connectivity index (χ3v) is 3.38. The summed E-state index contributed by atoms with van der Waals surface area (Å²) in [5.41, 5.74) is 3.29. The van der Waals surface area contributed by atoms with Crippen molar-refractivity contribution in [2.24, 2.45) is 0 Å². The number of pyridine rings is 1. The second-order valence-electron chi connectivity index (χ2n) is 4.85. The Labute approximate surface area is 117 Å². The molecule has 100 valence electrons. The van der Waals surface area contributed by atoms with Gasteiger partial charge in [0, 0.05) is 11.6 Å². The number of carbonyl (C=O) groups excluding carboxylic acids is 1. The van der Waals surface area contributed by atoms with Crippen molar-refractivity contribution < 1.29 is 9.21 Å². The molecule has 2 aromatic heterocycles. The molecule has 0 aliphatic heterocycles. The van der Waals surface area contributed by atoms with E-state index in [2.05, 4.69) is 4.98 Å². The quantitative estimate of drug-likeness (QED) is 0.674. The van der Waals surface area contributed by atoms with Crippen LogP contribution in [0, 0.1) is 6.92 Å². The Hall–Kier alpha value is -2.42. The van der Waals surface area contributed by atoms with Gasteiger partial charge in [-0.1, -0.05) is 24.6 Å². The topological polar surface area (TPSA) is 43.1 Å². The van der Waals surface area contributed by atoms with Crippen LogP contribution in [-0.2, 0) is 6.42 Å². The third kappa shape index (κ3) is 2.11. The summed E-state index contributed by atoms with van der Waals surface area (Å²) in [6.45, 7) is 4.03. The van der Waals surface area contributed by atoms with E-state index in [1.165, 1.54) is 0 Å². The molecular formula is C17H15NO2. The lowest BCUT2D eigenvalue weighted by atomic mass is 10.1. The maximum Gasteiger partial charge on any atom is 0.246 e. The lowest BCUT2D eigenvalue weighted by Gasteiger charge is -2.02. The molecule has 3 nitrogen and oxygen atoms in total. The first kappa shape index (κ1) is 12.6. The van der Waals surface area contributed by atoms with E-state index in [0.717, 1.165) is 28.5 Å². The van der Waals surface area contributed by atoms with E-state index in [9.17, 15) is 4.79 Å². The van der Waals surface area contributed by atoms with E-state index in [4.69, 9.17) is 4.42 Å². The summed E-state index contributed by atoms with van der Waals surface area (Å²) in [6, 6.07) is 11.4. The van der Waals surface area contributed by atoms with E-state index in [1.807, 2.05) is 44.2 Å². The van der Waals surface area contributed by atoms with Gasteiger partial charge in [0.05, 0.1) is 0 Å². The van der Waals surface area contributed by atoms with E-state index < -0.39 is 0 Å². The van der Waals surface area contributed by atoms with Gasteiger partial charge in [-0.3, -0.25) is 9.78 Å². The molecule has 0 aliphatic carbocycles. The summed E-state index contributed by atoms with van der Waals surface area (Å²) in [5, 5.41) is 0.947. The van der Waals surface area contributed by atoms with Crippen molar-refractivity contribution in [2.75, 3.05) is 0 Å². The minimum atomic E-state index is -0.156. The number of carbonyl (C=O) groups is 1. The number of benzene rings is 1. The summed E-state index contributed by atoms with van der Waals surface area (Å²) in [6.07, 6.45) is 2.41. The summed E-state index contributed by atoms with van der Waals surface area (Å²) >= 11 is 0. The van der Waals surface area contributed by atoms with Crippen molar-refractivity contribution in [3.8, 4) is 0 Å². The summed E-state index contributed by atoms with van der Waals surface area (Å²) < 4.78 is 5.65. The highest BCUT2D eigenvalue weighted by Gasteiger charge is 2.18. The minimum Gasteiger partial charge on any atom is -0.453 e. The van der Waals surface area contributed by atoms with Crippen molar-refractivity contribution >= 4 is 16.8 Å². The van der Waals surface area contributed by atoms with Gasteiger partial charge in [-0.15, -0.1) is 0 Å². The number of ketones is 1. The van der Waals surface area contributed by atoms with Crippen LogP contribution >= 0.6 is 0 Å². The molecule has 0 aliphatic rings. The average molecular weight is 265 g/mol. The Balaban J connectivity index is 2.08. The van der Waals surface area contributed by atoms with Gasteiger partial charge < -0.3 is 4.42 Å². The van der Waals surface area contributed by atoms with Crippen molar-refractivity contribution in [2.45, 2.75) is 20.3 Å². The lowest BCUT2D eigenvalue weighted by Crippen LogP contribution is -2.06. The molecule has 0 N–H and O–H groups in total. The van der Waals surface area contributed by atoms with Crippen LogP contribution < -0.4 is 0 Å². The standard InChI is InChI=1S/C17H15NO2/c1-3-12-5-4-8-18-16(12)17(19)15-10-13-9-11(2)6-7-14(13)20-15/h4-10H,3H2,1-2H3. The van der Waals surface area contributed by atoms with Crippen molar-refractivity contribution in [3.05, 3.63) is 65.2 Å². The highest BCUT2D eigenvalue weighted by atomic mass is 16.3. The van der Waals surface area contributed by atoms with Crippen molar-refractivity contribution in [3.63, 3.8) is 0 Å². The molecule has 0 unspecified atom stereocenters. The number of hydrogen-bond acceptors (Lipinski definition) is 3. The first-order chi connectivity index (χ1) is 9.69. The van der Waals surface area contributed by atoms with Crippen LogP contribution in [0.1, 0.15) is 34.3 Å². The maximum absolute atomic E-state index is 12.5. The first-order valence-electron chi connectivity index (χ1n) is 6.68. The van der Waals surface area contributed by atoms with E-state index >= 15 is 0 Å². The van der Waals surface area contributed by atoms with Gasteiger partial charge in [0.1, 0.15) is 11.3 Å². The largest absolute Gasteiger partial charge is 0.453 e. The minimum absolute atomic E-state index is 0.156. The number of fused-ring (bicyclic) bond motifs is 1. The molecule has 0 fully saturated rings. The molecule has 0 saturated heterocycles. The highest BCUT2D eigenvalue weighted by Crippen LogP contribution is 2.23. The molecular weight excluding hydrogens is 250 g/mol. The highest BCUT2D eigenvalue weighted by molar-refractivity contribution is 6.08. The normalized spacial score (nSPS) is 10.9. The molecule has 20 heavy (non-hydrogen) atoms. The molecule has 1 aromatic carbocycles. The molecule has 0 bridgehead atoms. The Morgan fingerprint density at radius 2 is 2.10 bits per heavy atom. The molecule has 3 rings (SSSR count). The Morgan fingerprint density at radius 1 is 1.25 bits per heavy atom. The lowest BCUT2D eigenvalue weighted by molar-refractivity contribution is 0.101. The predicted octanol–water partition coefficient (Wildman–Crippen LogP) is 3.93. The SMILES string of the molecule is CCc1cccnc1C(=O)c1cc2cc(C)ccc2o1. The van der Waals surface area contributed by atoms with Crippen LogP contribution in [-0.4, -0.2) is 10.8 Å². The molecule has 0 atom stereocenters. The van der Waals surface area contributed by atoms with Crippen LogP contribution in [0.3, 0.4) is 0 Å². The van der Waals surface area contributed by atoms with Gasteiger partial charge in [-0.05, 0) is 43.2 Å². The first-order valence-corrected chi connectivity index (χ1v) is 6.68. The second-order valence-corrected chi connectivity index (χ2v) is 4.85. The smallest absolute Gasteiger partial charge is 0.246 e. The number of aromatic nitrogens is 1. The Bertz CT molecular complexity index is 787. The third-order valence-electron chi connectivity index (χ3n) is 3.38. The fraction of sp³-hybridized carbons (Fsp3) is 0.176. The Kier molecular flexibility index (Phi) is 3.11. The summed E-state index contributed by atoms with van der Waals surface area (Å²) in [5.74, 6) is 0.190. The van der Waals surface area contributed by atoms with Crippen LogP contribution in [0.15, 0.2) is 47.0 Å². The zero-order chi connectivity index (χ0) is 14.1. The predicted molar refractivity (Wildman–Crippen MR) is 78.0 cm³/mol. The van der Waals surface area contributed by atoms with Crippen LogP contribution in [0.25, 0.3) is 11.0 Å². The van der Waals surface area contributed by atoms with E-state index in [1.54, 1.807) is 12.3 Å². The van der Waals surface area contributed by atoms with E-state index in [0.29, 0.717) is 11.5 Å². The average Bonchev–Trinajstić information content (AvgIpc) is 2.89. The van der Waals surface area contributed by atoms with Gasteiger partial charge >= 0.3 is 0 Å². The van der Waals surface area contributed by atoms with Gasteiger partial charge in [-0.25, -0.2) is 0 Å². The number of nitrogens with zero attached hydrogens (tertiary/aromatic N) is 1. The fourth-order valence-electron chi connectivity index (χ4n) is 2.32. The molecule has 0 radical (unpaired) electrons. The zero-order valence-electron chi connectivity index (χ0n) is 11.5. The van der Waals surface area contributed by atoms with Gasteiger partial charge in [0.25, 0.3) is 0 Å². The summed E-state index contributed by atoms with van der Waals surface area (Å²) in [7, 11) is 0. The number of aryl methyl sites for hydroxylation is 2. The van der Waals surface area contributed by atoms with Crippen molar-refractivity contribution in [1.82, 2.24) is 4.98 Å². The zero-order valence-corrected chi connectivity index (χ0v) is 11.5. The maximum atomic E-state index is 12.5. The molecule has 0 saturated carbocycles. The number of hydrogen-bond donors (Lipinski definition) is 0. The monoisotopic (exact) mass is 265 g/mol. The number of furan rings is 1. The van der Waals surface area contributed by atoms with Crippen LogP contribution in [0.5, 0.6) is 0 Å². The molecule has 2 heterocycles. The van der Waals surface area contributed by atoms with E-state index in [-0.39, 0.29) is 5.78 Å². The van der Waals surface area contributed by atoms with Gasteiger partial charge in [0.2, 0.25) is 5.78 Å². The van der Waals surface area contributed by atoms with Crippen LogP contribution in [0.4, 0.5) is 0 Å². The second kappa shape index (κ2) is 4.93. The molecule has 3 heteroatoms. The van der Waals surface area contributed by atoms with Gasteiger partial charge in [-0.2, -0.15) is 0 Å². The Morgan fingerprint density at radius 3 is 2.90 bits per heavy atom. The van der Waals surface area contributed by atoms with Crippen LogP contribution in [0.2, 0.25) is 0 Å². The fourth-order valence-corrected chi connectivity index (χ4v) is 2.32. The number of rotatable bonds is 3. The van der Waals surface area contributed by atoms with Crippen molar-refractivity contribution in [1.29, 1.82) is 0 Å². The molecule has 3 aromatic rings.